The molecule has 4 heteroatoms. The van der Waals surface area contributed by atoms with Crippen LogP contribution in [0.5, 0.6) is 11.5 Å². The molecule has 2 aromatic rings. The van der Waals surface area contributed by atoms with Gasteiger partial charge in [-0.05, 0) is 48.5 Å². The Morgan fingerprint density at radius 1 is 1.15 bits per heavy atom. The second kappa shape index (κ2) is 5.52. The van der Waals surface area contributed by atoms with Crippen molar-refractivity contribution < 1.29 is 18.7 Å². The van der Waals surface area contributed by atoms with E-state index in [1.165, 1.54) is 31.2 Å². The lowest BCUT2D eigenvalue weighted by Gasteiger charge is -2.50. The lowest BCUT2D eigenvalue weighted by Crippen LogP contribution is -2.44. The number of fused-ring (bicyclic) bond motifs is 6. The zero-order valence-electron chi connectivity index (χ0n) is 16.7. The minimum Gasteiger partial charge on any atom is -0.460 e. The second-order valence-corrected chi connectivity index (χ2v) is 9.65. The molecule has 2 heterocycles. The Bertz CT molecular complexity index is 938. The van der Waals surface area contributed by atoms with E-state index in [9.17, 15) is 4.79 Å². The molecule has 3 aliphatic rings. The summed E-state index contributed by atoms with van der Waals surface area (Å²) in [7, 11) is 0. The Hall–Kier alpha value is -1.97. The second-order valence-electron chi connectivity index (χ2n) is 9.65. The Kier molecular flexibility index (Phi) is 3.51. The monoisotopic (exact) mass is 368 g/mol. The summed E-state index contributed by atoms with van der Waals surface area (Å²) in [4.78, 5) is 11.9. The maximum absolute atomic E-state index is 11.9. The molecule has 1 aromatic heterocycles. The van der Waals surface area contributed by atoms with Gasteiger partial charge in [0.2, 0.25) is 6.79 Å². The van der Waals surface area contributed by atoms with Gasteiger partial charge in [-0.25, -0.2) is 0 Å². The summed E-state index contributed by atoms with van der Waals surface area (Å²) in [6.07, 6.45) is 6.87. The largest absolute Gasteiger partial charge is 0.460 e. The lowest BCUT2D eigenvalue weighted by atomic mass is 9.53. The van der Waals surface area contributed by atoms with Crippen LogP contribution in [0.1, 0.15) is 87.4 Å². The van der Waals surface area contributed by atoms with E-state index < -0.39 is 0 Å². The number of furan rings is 1. The van der Waals surface area contributed by atoms with E-state index in [1.54, 1.807) is 0 Å². The van der Waals surface area contributed by atoms with Gasteiger partial charge in [0.15, 0.2) is 17.8 Å². The quantitative estimate of drug-likeness (QED) is 0.583. The minimum atomic E-state index is 0.0565. The number of carbonyl (C=O) groups is 1. The smallest absolute Gasteiger partial charge is 0.231 e. The molecule has 144 valence electrons. The van der Waals surface area contributed by atoms with Gasteiger partial charge in [0, 0.05) is 16.9 Å². The van der Waals surface area contributed by atoms with Crippen molar-refractivity contribution in [3.8, 4) is 11.5 Å². The standard InChI is InChI=1S/C23H28O4/c1-13-6-7-17-22(2,3)8-5-9-23(17,4)18-14-10-16-21(26-12-25-16)15(11-24)20(14)27-19(13)18/h10-11,13,17H,5-9,12H2,1-4H3/t13?,17-,23?/m0/s1. The topological polar surface area (TPSA) is 48.7 Å². The SMILES string of the molecule is CC1CC[C@H]2C(C)(C)CCCC2(C)c2c1oc1c(C=O)c3c(cc21)OCO3. The van der Waals surface area contributed by atoms with Gasteiger partial charge in [0.1, 0.15) is 16.9 Å². The molecule has 27 heavy (non-hydrogen) atoms. The fourth-order valence-electron chi connectivity index (χ4n) is 6.36. The predicted molar refractivity (Wildman–Crippen MR) is 104 cm³/mol. The Balaban J connectivity index is 1.85. The van der Waals surface area contributed by atoms with Gasteiger partial charge < -0.3 is 13.9 Å². The first-order valence-corrected chi connectivity index (χ1v) is 10.2. The zero-order chi connectivity index (χ0) is 19.0. The molecule has 1 aliphatic heterocycles. The maximum atomic E-state index is 11.9. The average Bonchev–Trinajstić information content (AvgIpc) is 3.20. The van der Waals surface area contributed by atoms with Crippen molar-refractivity contribution in [1.82, 2.24) is 0 Å². The van der Waals surface area contributed by atoms with Gasteiger partial charge >= 0.3 is 0 Å². The van der Waals surface area contributed by atoms with Crippen molar-refractivity contribution in [3.05, 3.63) is 23.0 Å². The first-order chi connectivity index (χ1) is 12.9. The molecule has 0 N–H and O–H groups in total. The predicted octanol–water partition coefficient (Wildman–Crippen LogP) is 5.96. The lowest BCUT2D eigenvalue weighted by molar-refractivity contribution is 0.0504. The third-order valence-electron chi connectivity index (χ3n) is 7.63. The summed E-state index contributed by atoms with van der Waals surface area (Å²) in [5.74, 6) is 3.22. The van der Waals surface area contributed by atoms with Crippen LogP contribution in [-0.2, 0) is 5.41 Å². The van der Waals surface area contributed by atoms with Crippen LogP contribution in [0, 0.1) is 11.3 Å². The molecule has 1 fully saturated rings. The van der Waals surface area contributed by atoms with E-state index in [-0.39, 0.29) is 12.2 Å². The van der Waals surface area contributed by atoms with Crippen molar-refractivity contribution in [1.29, 1.82) is 0 Å². The number of aldehydes is 1. The molecule has 0 spiro atoms. The highest BCUT2D eigenvalue weighted by molar-refractivity contribution is 6.02. The van der Waals surface area contributed by atoms with E-state index in [0.29, 0.717) is 39.9 Å². The van der Waals surface area contributed by atoms with Crippen LogP contribution in [0.4, 0.5) is 0 Å². The minimum absolute atomic E-state index is 0.0565. The van der Waals surface area contributed by atoms with Gasteiger partial charge in [0.05, 0.1) is 0 Å². The molecule has 2 unspecified atom stereocenters. The van der Waals surface area contributed by atoms with E-state index in [0.717, 1.165) is 23.9 Å². The molecule has 2 aliphatic carbocycles. The third kappa shape index (κ3) is 2.19. The summed E-state index contributed by atoms with van der Waals surface area (Å²) < 4.78 is 17.7. The van der Waals surface area contributed by atoms with Gasteiger partial charge in [-0.1, -0.05) is 34.1 Å². The molecule has 0 radical (unpaired) electrons. The molecule has 5 rings (SSSR count). The van der Waals surface area contributed by atoms with Crippen LogP contribution in [0.15, 0.2) is 10.5 Å². The summed E-state index contributed by atoms with van der Waals surface area (Å²) in [6.45, 7) is 9.71. The van der Waals surface area contributed by atoms with E-state index in [1.807, 2.05) is 0 Å². The average molecular weight is 368 g/mol. The van der Waals surface area contributed by atoms with Crippen LogP contribution < -0.4 is 9.47 Å². The Morgan fingerprint density at radius 2 is 1.96 bits per heavy atom. The number of rotatable bonds is 1. The van der Waals surface area contributed by atoms with Crippen LogP contribution >= 0.6 is 0 Å². The van der Waals surface area contributed by atoms with Crippen LogP contribution in [0.25, 0.3) is 11.0 Å². The number of benzene rings is 1. The summed E-state index contributed by atoms with van der Waals surface area (Å²) in [5.41, 5.74) is 2.86. The summed E-state index contributed by atoms with van der Waals surface area (Å²) >= 11 is 0. The number of carbonyl (C=O) groups excluding carboxylic acids is 1. The fraction of sp³-hybridized carbons (Fsp3) is 0.609. The van der Waals surface area contributed by atoms with Crippen molar-refractivity contribution in [2.24, 2.45) is 11.3 Å². The van der Waals surface area contributed by atoms with Crippen LogP contribution in [-0.4, -0.2) is 13.1 Å². The van der Waals surface area contributed by atoms with Crippen molar-refractivity contribution in [2.45, 2.75) is 71.1 Å². The fourth-order valence-corrected chi connectivity index (χ4v) is 6.36. The van der Waals surface area contributed by atoms with Gasteiger partial charge in [0.25, 0.3) is 0 Å². The van der Waals surface area contributed by atoms with Gasteiger partial charge in [-0.2, -0.15) is 0 Å². The molecule has 0 amide bonds. The summed E-state index contributed by atoms with van der Waals surface area (Å²) in [6, 6.07) is 2.05. The van der Waals surface area contributed by atoms with Crippen molar-refractivity contribution in [3.63, 3.8) is 0 Å². The van der Waals surface area contributed by atoms with E-state index in [4.69, 9.17) is 13.9 Å². The Morgan fingerprint density at radius 3 is 2.74 bits per heavy atom. The molecular formula is C23H28O4. The van der Waals surface area contributed by atoms with Crippen molar-refractivity contribution >= 4 is 17.3 Å². The molecule has 1 aromatic carbocycles. The number of hydrogen-bond acceptors (Lipinski definition) is 4. The van der Waals surface area contributed by atoms with Crippen LogP contribution in [0.2, 0.25) is 0 Å². The molecule has 1 saturated carbocycles. The van der Waals surface area contributed by atoms with Gasteiger partial charge in [-0.15, -0.1) is 0 Å². The maximum Gasteiger partial charge on any atom is 0.231 e. The Labute approximate surface area is 160 Å². The van der Waals surface area contributed by atoms with Crippen molar-refractivity contribution in [2.75, 3.05) is 6.79 Å². The zero-order valence-corrected chi connectivity index (χ0v) is 16.7. The number of hydrogen-bond donors (Lipinski definition) is 0. The molecule has 0 saturated heterocycles. The first-order valence-electron chi connectivity index (χ1n) is 10.2. The highest BCUT2D eigenvalue weighted by atomic mass is 16.7. The molecule has 0 bridgehead atoms. The molecule has 3 atom stereocenters. The van der Waals surface area contributed by atoms with Gasteiger partial charge in [-0.3, -0.25) is 4.79 Å². The summed E-state index contributed by atoms with van der Waals surface area (Å²) in [5, 5.41) is 1.05. The molecule has 4 nitrogen and oxygen atoms in total. The normalized spacial score (nSPS) is 31.3. The molecular weight excluding hydrogens is 340 g/mol. The van der Waals surface area contributed by atoms with E-state index >= 15 is 0 Å². The first kappa shape index (κ1) is 17.2. The number of ether oxygens (including phenoxy) is 2. The highest BCUT2D eigenvalue weighted by Gasteiger charge is 2.51. The van der Waals surface area contributed by atoms with E-state index in [2.05, 4.69) is 33.8 Å². The third-order valence-corrected chi connectivity index (χ3v) is 7.63. The van der Waals surface area contributed by atoms with Crippen LogP contribution in [0.3, 0.4) is 0 Å². The highest BCUT2D eigenvalue weighted by Crippen LogP contribution is 2.60.